The van der Waals surface area contributed by atoms with E-state index < -0.39 is 0 Å². The molecular weight excluding hydrogens is 250 g/mol. The monoisotopic (exact) mass is 275 g/mol. The van der Waals surface area contributed by atoms with Crippen LogP contribution in [-0.2, 0) is 12.8 Å². The Morgan fingerprint density at radius 3 is 2.60 bits per heavy atom. The third kappa shape index (κ3) is 3.26. The fourth-order valence-corrected chi connectivity index (χ4v) is 2.61. The van der Waals surface area contributed by atoms with Crippen molar-refractivity contribution in [1.29, 1.82) is 0 Å². The molecule has 0 saturated carbocycles. The second-order valence-electron chi connectivity index (χ2n) is 5.27. The van der Waals surface area contributed by atoms with Gasteiger partial charge >= 0.3 is 0 Å². The molecule has 0 fully saturated rings. The minimum absolute atomic E-state index is 0.612. The number of rotatable bonds is 8. The van der Waals surface area contributed by atoms with Crippen LogP contribution in [0.3, 0.4) is 0 Å². The minimum Gasteiger partial charge on any atom is -0.383 e. The number of nitrogens with two attached hydrogens (primary N) is 1. The molecule has 0 saturated heterocycles. The molecule has 2 heterocycles. The van der Waals surface area contributed by atoms with Crippen molar-refractivity contribution < 1.29 is 0 Å². The fraction of sp³-hybridized carbons (Fsp3) is 0.667. The summed E-state index contributed by atoms with van der Waals surface area (Å²) in [6.07, 6.45) is 11.1. The highest BCUT2D eigenvalue weighted by Crippen LogP contribution is 2.19. The lowest BCUT2D eigenvalue weighted by Gasteiger charge is -2.10. The molecule has 0 radical (unpaired) electrons. The number of aryl methyl sites for hydroxylation is 1. The van der Waals surface area contributed by atoms with Crippen molar-refractivity contribution in [3.63, 3.8) is 0 Å². The molecule has 2 aromatic rings. The normalized spacial score (nSPS) is 11.3. The summed E-state index contributed by atoms with van der Waals surface area (Å²) in [6, 6.07) is 0. The number of fused-ring (bicyclic) bond motifs is 1. The fourth-order valence-electron chi connectivity index (χ4n) is 2.61. The van der Waals surface area contributed by atoms with E-state index in [1.807, 2.05) is 0 Å². The highest BCUT2D eigenvalue weighted by molar-refractivity contribution is 5.49. The average Bonchev–Trinajstić information content (AvgIpc) is 2.91. The van der Waals surface area contributed by atoms with E-state index in [0.29, 0.717) is 11.6 Å². The summed E-state index contributed by atoms with van der Waals surface area (Å²) in [5.74, 6) is 1.30. The molecule has 5 nitrogen and oxygen atoms in total. The molecule has 0 aliphatic heterocycles. The van der Waals surface area contributed by atoms with Gasteiger partial charge in [0.15, 0.2) is 0 Å². The Bertz CT molecular complexity index is 546. The Morgan fingerprint density at radius 1 is 1.10 bits per heavy atom. The van der Waals surface area contributed by atoms with Crippen LogP contribution in [0.4, 0.5) is 5.82 Å². The zero-order valence-corrected chi connectivity index (χ0v) is 12.6. The predicted octanol–water partition coefficient (Wildman–Crippen LogP) is 3.17. The van der Waals surface area contributed by atoms with Gasteiger partial charge in [0.1, 0.15) is 12.1 Å². The SMILES string of the molecule is CCCCCCCCc1nc2ncnn2c(N)c1CC. The van der Waals surface area contributed by atoms with Gasteiger partial charge in [0.2, 0.25) is 0 Å². The maximum atomic E-state index is 6.17. The van der Waals surface area contributed by atoms with Crippen LogP contribution >= 0.6 is 0 Å². The summed E-state index contributed by atoms with van der Waals surface area (Å²) < 4.78 is 1.63. The number of nitrogen functional groups attached to an aromatic ring is 1. The van der Waals surface area contributed by atoms with E-state index in [4.69, 9.17) is 5.73 Å². The molecule has 2 aromatic heterocycles. The Morgan fingerprint density at radius 2 is 1.85 bits per heavy atom. The quantitative estimate of drug-likeness (QED) is 0.751. The maximum Gasteiger partial charge on any atom is 0.254 e. The van der Waals surface area contributed by atoms with E-state index in [0.717, 1.165) is 24.1 Å². The lowest BCUT2D eigenvalue weighted by Crippen LogP contribution is -2.09. The second kappa shape index (κ2) is 7.22. The van der Waals surface area contributed by atoms with Crippen LogP contribution in [0, 0.1) is 0 Å². The standard InChI is InChI=1S/C15H25N5/c1-3-5-6-7-8-9-10-13-12(4-2)14(16)20-15(19-13)17-11-18-20/h11H,3-10,16H2,1-2H3. The maximum absolute atomic E-state index is 6.17. The number of anilines is 1. The van der Waals surface area contributed by atoms with E-state index in [2.05, 4.69) is 28.9 Å². The first kappa shape index (κ1) is 14.8. The largest absolute Gasteiger partial charge is 0.383 e. The van der Waals surface area contributed by atoms with E-state index in [1.54, 1.807) is 4.52 Å². The first-order valence-electron chi connectivity index (χ1n) is 7.74. The van der Waals surface area contributed by atoms with Gasteiger partial charge in [-0.1, -0.05) is 46.0 Å². The number of hydrogen-bond donors (Lipinski definition) is 1. The molecule has 2 N–H and O–H groups in total. The van der Waals surface area contributed by atoms with Gasteiger partial charge in [-0.05, 0) is 19.3 Å². The van der Waals surface area contributed by atoms with Crippen LogP contribution in [0.5, 0.6) is 0 Å². The van der Waals surface area contributed by atoms with Crippen LogP contribution in [-0.4, -0.2) is 19.6 Å². The first-order chi connectivity index (χ1) is 9.77. The molecule has 110 valence electrons. The van der Waals surface area contributed by atoms with E-state index >= 15 is 0 Å². The van der Waals surface area contributed by atoms with Crippen molar-refractivity contribution in [2.24, 2.45) is 0 Å². The molecule has 0 amide bonds. The summed E-state index contributed by atoms with van der Waals surface area (Å²) in [4.78, 5) is 8.76. The minimum atomic E-state index is 0.612. The van der Waals surface area contributed by atoms with Gasteiger partial charge in [-0.25, -0.2) is 4.98 Å². The lowest BCUT2D eigenvalue weighted by molar-refractivity contribution is 0.603. The van der Waals surface area contributed by atoms with Crippen molar-refractivity contribution >= 4 is 11.6 Å². The number of nitrogens with zero attached hydrogens (tertiary/aromatic N) is 4. The zero-order chi connectivity index (χ0) is 14.4. The van der Waals surface area contributed by atoms with Crippen LogP contribution < -0.4 is 5.73 Å². The van der Waals surface area contributed by atoms with Gasteiger partial charge in [0.25, 0.3) is 5.78 Å². The average molecular weight is 275 g/mol. The van der Waals surface area contributed by atoms with Gasteiger partial charge in [-0.15, -0.1) is 0 Å². The Balaban J connectivity index is 2.01. The summed E-state index contributed by atoms with van der Waals surface area (Å²) >= 11 is 0. The van der Waals surface area contributed by atoms with Crippen LogP contribution in [0.25, 0.3) is 5.78 Å². The molecule has 2 rings (SSSR count). The summed E-state index contributed by atoms with van der Waals surface area (Å²) in [6.45, 7) is 4.36. The van der Waals surface area contributed by atoms with Gasteiger partial charge in [0.05, 0.1) is 5.69 Å². The highest BCUT2D eigenvalue weighted by atomic mass is 15.3. The smallest absolute Gasteiger partial charge is 0.254 e. The van der Waals surface area contributed by atoms with Crippen LogP contribution in [0.2, 0.25) is 0 Å². The summed E-state index contributed by atoms with van der Waals surface area (Å²) in [5, 5.41) is 4.12. The van der Waals surface area contributed by atoms with Crippen molar-refractivity contribution in [3.05, 3.63) is 17.6 Å². The van der Waals surface area contributed by atoms with E-state index in [1.165, 1.54) is 44.9 Å². The highest BCUT2D eigenvalue weighted by Gasteiger charge is 2.12. The van der Waals surface area contributed by atoms with Crippen LogP contribution in [0.15, 0.2) is 6.33 Å². The molecule has 0 unspecified atom stereocenters. The Labute approximate surface area is 120 Å². The molecular formula is C15H25N5. The number of hydrogen-bond acceptors (Lipinski definition) is 4. The molecule has 0 atom stereocenters. The Hall–Kier alpha value is -1.65. The molecule has 5 heteroatoms. The topological polar surface area (TPSA) is 69.1 Å². The zero-order valence-electron chi connectivity index (χ0n) is 12.6. The molecule has 0 aliphatic carbocycles. The van der Waals surface area contributed by atoms with Gasteiger partial charge in [-0.2, -0.15) is 14.6 Å². The van der Waals surface area contributed by atoms with Crippen molar-refractivity contribution in [2.45, 2.75) is 65.2 Å². The third-order valence-corrected chi connectivity index (χ3v) is 3.77. The summed E-state index contributed by atoms with van der Waals surface area (Å²) in [7, 11) is 0. The van der Waals surface area contributed by atoms with Gasteiger partial charge in [0, 0.05) is 5.56 Å². The first-order valence-corrected chi connectivity index (χ1v) is 7.74. The summed E-state index contributed by atoms with van der Waals surface area (Å²) in [5.41, 5.74) is 8.39. The van der Waals surface area contributed by atoms with Gasteiger partial charge < -0.3 is 5.73 Å². The second-order valence-corrected chi connectivity index (χ2v) is 5.27. The molecule has 0 spiro atoms. The molecule has 0 aromatic carbocycles. The van der Waals surface area contributed by atoms with Crippen molar-refractivity contribution in [2.75, 3.05) is 5.73 Å². The van der Waals surface area contributed by atoms with E-state index in [-0.39, 0.29) is 0 Å². The number of aromatic nitrogens is 4. The molecule has 20 heavy (non-hydrogen) atoms. The van der Waals surface area contributed by atoms with Crippen molar-refractivity contribution in [1.82, 2.24) is 19.6 Å². The van der Waals surface area contributed by atoms with Crippen LogP contribution in [0.1, 0.15) is 63.6 Å². The number of unbranched alkanes of at least 4 members (excludes halogenated alkanes) is 5. The van der Waals surface area contributed by atoms with Crippen molar-refractivity contribution in [3.8, 4) is 0 Å². The molecule has 0 bridgehead atoms. The lowest BCUT2D eigenvalue weighted by atomic mass is 10.0. The Kier molecular flexibility index (Phi) is 5.32. The van der Waals surface area contributed by atoms with E-state index in [9.17, 15) is 0 Å². The third-order valence-electron chi connectivity index (χ3n) is 3.77. The predicted molar refractivity (Wildman–Crippen MR) is 81.7 cm³/mol. The molecule has 0 aliphatic rings. The van der Waals surface area contributed by atoms with Gasteiger partial charge in [-0.3, -0.25) is 0 Å².